The predicted molar refractivity (Wildman–Crippen MR) is 81.1 cm³/mol. The lowest BCUT2D eigenvalue weighted by molar-refractivity contribution is -0.141. The van der Waals surface area contributed by atoms with Crippen LogP contribution in [0.25, 0.3) is 10.8 Å². The fourth-order valence-corrected chi connectivity index (χ4v) is 2.31. The van der Waals surface area contributed by atoms with Crippen LogP contribution in [0.1, 0.15) is 11.3 Å². The summed E-state index contributed by atoms with van der Waals surface area (Å²) >= 11 is 0. The minimum absolute atomic E-state index is 0.210. The predicted octanol–water partition coefficient (Wildman–Crippen LogP) is 3.55. The zero-order valence-electron chi connectivity index (χ0n) is 11.8. The number of rotatable bonds is 3. The summed E-state index contributed by atoms with van der Waals surface area (Å²) in [5, 5.41) is 4.75. The van der Waals surface area contributed by atoms with E-state index < -0.39 is 17.4 Å². The largest absolute Gasteiger partial charge is 0.433 e. The molecule has 3 rings (SSSR count). The topological polar surface area (TPSA) is 57.8 Å². The Hall–Kier alpha value is -2.83. The minimum Gasteiger partial charge on any atom is -0.352 e. The van der Waals surface area contributed by atoms with Crippen molar-refractivity contribution in [3.8, 4) is 0 Å². The quantitative estimate of drug-likeness (QED) is 0.776. The van der Waals surface area contributed by atoms with Crippen molar-refractivity contribution in [3.05, 3.63) is 70.1 Å². The van der Waals surface area contributed by atoms with Crippen LogP contribution in [-0.4, -0.2) is 9.97 Å². The van der Waals surface area contributed by atoms with Crippen molar-refractivity contribution < 1.29 is 13.2 Å². The Morgan fingerprint density at radius 2 is 1.83 bits per heavy atom. The van der Waals surface area contributed by atoms with Gasteiger partial charge in [-0.05, 0) is 16.3 Å². The highest BCUT2D eigenvalue weighted by atomic mass is 19.4. The molecule has 7 heteroatoms. The van der Waals surface area contributed by atoms with Gasteiger partial charge in [0.05, 0.1) is 0 Å². The number of aromatic amines is 1. The van der Waals surface area contributed by atoms with Crippen LogP contribution in [0.5, 0.6) is 0 Å². The molecule has 0 aliphatic rings. The Morgan fingerprint density at radius 3 is 2.61 bits per heavy atom. The molecule has 0 atom stereocenters. The lowest BCUT2D eigenvalue weighted by Crippen LogP contribution is -2.18. The maximum Gasteiger partial charge on any atom is 0.433 e. The van der Waals surface area contributed by atoms with E-state index in [1.807, 2.05) is 42.5 Å². The van der Waals surface area contributed by atoms with Crippen molar-refractivity contribution in [2.24, 2.45) is 0 Å². The van der Waals surface area contributed by atoms with Crippen LogP contribution in [0.15, 0.2) is 53.3 Å². The molecule has 0 saturated carbocycles. The fourth-order valence-electron chi connectivity index (χ4n) is 2.31. The van der Waals surface area contributed by atoms with E-state index >= 15 is 0 Å². The second-order valence-electron chi connectivity index (χ2n) is 4.97. The van der Waals surface area contributed by atoms with Gasteiger partial charge in [0.15, 0.2) is 5.69 Å². The number of aromatic nitrogens is 2. The van der Waals surface area contributed by atoms with Crippen LogP contribution in [0.4, 0.5) is 19.1 Å². The monoisotopic (exact) mass is 319 g/mol. The minimum atomic E-state index is -4.66. The fraction of sp³-hybridized carbons (Fsp3) is 0.125. The van der Waals surface area contributed by atoms with Crippen molar-refractivity contribution in [1.82, 2.24) is 9.97 Å². The molecule has 1 aromatic heterocycles. The first-order valence-electron chi connectivity index (χ1n) is 6.82. The Balaban J connectivity index is 1.88. The van der Waals surface area contributed by atoms with E-state index in [2.05, 4.69) is 15.3 Å². The van der Waals surface area contributed by atoms with Crippen LogP contribution in [0.3, 0.4) is 0 Å². The summed E-state index contributed by atoms with van der Waals surface area (Å²) < 4.78 is 38.0. The Labute approximate surface area is 129 Å². The molecule has 4 nitrogen and oxygen atoms in total. The molecule has 0 spiro atoms. The molecule has 3 aromatic rings. The van der Waals surface area contributed by atoms with Gasteiger partial charge in [0, 0.05) is 12.6 Å². The van der Waals surface area contributed by atoms with Crippen molar-refractivity contribution in [1.29, 1.82) is 0 Å². The molecule has 2 N–H and O–H groups in total. The maximum absolute atomic E-state index is 12.7. The molecule has 0 amide bonds. The summed E-state index contributed by atoms with van der Waals surface area (Å²) in [5.41, 5.74) is -1.18. The highest BCUT2D eigenvalue weighted by molar-refractivity contribution is 5.85. The number of nitrogens with zero attached hydrogens (tertiary/aromatic N) is 1. The molecule has 0 bridgehead atoms. The van der Waals surface area contributed by atoms with E-state index in [0.717, 1.165) is 16.3 Å². The SMILES string of the molecule is O=c1cc(C(F)(F)F)nc(NCc2cccc3ccccc23)[nH]1. The highest BCUT2D eigenvalue weighted by Crippen LogP contribution is 2.27. The second kappa shape index (κ2) is 5.75. The van der Waals surface area contributed by atoms with Gasteiger partial charge in [0.1, 0.15) is 0 Å². The number of hydrogen-bond donors (Lipinski definition) is 2. The lowest BCUT2D eigenvalue weighted by Gasteiger charge is -2.10. The van der Waals surface area contributed by atoms with Gasteiger partial charge in [-0.2, -0.15) is 13.2 Å². The van der Waals surface area contributed by atoms with Crippen LogP contribution < -0.4 is 10.9 Å². The van der Waals surface area contributed by atoms with E-state index in [1.165, 1.54) is 0 Å². The smallest absolute Gasteiger partial charge is 0.352 e. The van der Waals surface area contributed by atoms with Crippen molar-refractivity contribution in [2.75, 3.05) is 5.32 Å². The summed E-state index contributed by atoms with van der Waals surface area (Å²) in [6, 6.07) is 13.8. The molecule has 23 heavy (non-hydrogen) atoms. The molecule has 0 radical (unpaired) electrons. The molecule has 0 aliphatic heterocycles. The highest BCUT2D eigenvalue weighted by Gasteiger charge is 2.33. The number of alkyl halides is 3. The van der Waals surface area contributed by atoms with Crippen LogP contribution in [0.2, 0.25) is 0 Å². The number of hydrogen-bond acceptors (Lipinski definition) is 3. The number of fused-ring (bicyclic) bond motifs is 1. The van der Waals surface area contributed by atoms with Gasteiger partial charge in [-0.25, -0.2) is 4.98 Å². The summed E-state index contributed by atoms with van der Waals surface area (Å²) in [4.78, 5) is 17.0. The number of H-pyrrole nitrogens is 1. The van der Waals surface area contributed by atoms with Gasteiger partial charge in [0.25, 0.3) is 5.56 Å². The number of anilines is 1. The van der Waals surface area contributed by atoms with Crippen LogP contribution in [0, 0.1) is 0 Å². The Kier molecular flexibility index (Phi) is 3.77. The first-order chi connectivity index (χ1) is 10.9. The maximum atomic E-state index is 12.7. The number of nitrogens with one attached hydrogen (secondary N) is 2. The zero-order valence-corrected chi connectivity index (χ0v) is 11.8. The number of benzene rings is 2. The van der Waals surface area contributed by atoms with Crippen LogP contribution in [-0.2, 0) is 12.7 Å². The lowest BCUT2D eigenvalue weighted by atomic mass is 10.0. The van der Waals surface area contributed by atoms with E-state index in [1.54, 1.807) is 0 Å². The van der Waals surface area contributed by atoms with E-state index in [9.17, 15) is 18.0 Å². The van der Waals surface area contributed by atoms with Gasteiger partial charge < -0.3 is 5.32 Å². The molecule has 0 fully saturated rings. The average molecular weight is 319 g/mol. The first kappa shape index (κ1) is 15.1. The summed E-state index contributed by atoms with van der Waals surface area (Å²) in [6.07, 6.45) is -4.66. The van der Waals surface area contributed by atoms with Crippen molar-refractivity contribution in [2.45, 2.75) is 12.7 Å². The van der Waals surface area contributed by atoms with Crippen molar-refractivity contribution in [3.63, 3.8) is 0 Å². The Bertz CT molecular complexity index is 897. The second-order valence-corrected chi connectivity index (χ2v) is 4.97. The molecule has 0 saturated heterocycles. The molecule has 0 aliphatic carbocycles. The van der Waals surface area contributed by atoms with Gasteiger partial charge >= 0.3 is 6.18 Å². The summed E-state index contributed by atoms with van der Waals surface area (Å²) in [5.74, 6) is -0.210. The molecule has 118 valence electrons. The third-order valence-corrected chi connectivity index (χ3v) is 3.36. The molecule has 1 heterocycles. The third-order valence-electron chi connectivity index (χ3n) is 3.36. The third kappa shape index (κ3) is 3.33. The van der Waals surface area contributed by atoms with Gasteiger partial charge in [-0.1, -0.05) is 42.5 Å². The molecule has 2 aromatic carbocycles. The van der Waals surface area contributed by atoms with Gasteiger partial charge in [-0.15, -0.1) is 0 Å². The Morgan fingerprint density at radius 1 is 1.09 bits per heavy atom. The van der Waals surface area contributed by atoms with Gasteiger partial charge in [-0.3, -0.25) is 9.78 Å². The zero-order chi connectivity index (χ0) is 16.4. The van der Waals surface area contributed by atoms with E-state index in [0.29, 0.717) is 6.07 Å². The molecule has 0 unspecified atom stereocenters. The van der Waals surface area contributed by atoms with Crippen molar-refractivity contribution >= 4 is 16.7 Å². The first-order valence-corrected chi connectivity index (χ1v) is 6.82. The average Bonchev–Trinajstić information content (AvgIpc) is 2.51. The normalized spacial score (nSPS) is 11.6. The molecular weight excluding hydrogens is 307 g/mol. The number of halogens is 3. The van der Waals surface area contributed by atoms with Crippen LogP contribution >= 0.6 is 0 Å². The standard InChI is InChI=1S/C16H12F3N3O/c17-16(18,19)13-8-14(23)22-15(21-13)20-9-11-6-3-5-10-4-1-2-7-12(10)11/h1-8H,9H2,(H2,20,21,22,23). The van der Waals surface area contributed by atoms with Gasteiger partial charge in [0.2, 0.25) is 5.95 Å². The molecular formula is C16H12F3N3O. The summed E-state index contributed by atoms with van der Waals surface area (Å²) in [6.45, 7) is 0.242. The summed E-state index contributed by atoms with van der Waals surface area (Å²) in [7, 11) is 0. The van der Waals surface area contributed by atoms with E-state index in [4.69, 9.17) is 0 Å². The van der Waals surface area contributed by atoms with E-state index in [-0.39, 0.29) is 12.5 Å².